The van der Waals surface area contributed by atoms with E-state index in [-0.39, 0.29) is 35.8 Å². The van der Waals surface area contributed by atoms with Crippen LogP contribution in [0.3, 0.4) is 0 Å². The Hall–Kier alpha value is -1.46. The van der Waals surface area contributed by atoms with Crippen molar-refractivity contribution in [2.75, 3.05) is 33.4 Å². The Bertz CT molecular complexity index is 562. The van der Waals surface area contributed by atoms with Crippen LogP contribution in [-0.4, -0.2) is 50.4 Å². The van der Waals surface area contributed by atoms with Crippen molar-refractivity contribution in [1.82, 2.24) is 10.6 Å². The molecular weight excluding hydrogens is 451 g/mol. The number of hydrogen-bond acceptors (Lipinski definition) is 5. The van der Waals surface area contributed by atoms with Gasteiger partial charge in [0, 0.05) is 45.5 Å². The molecule has 1 heterocycles. The smallest absolute Gasteiger partial charge is 0.269 e. The number of guanidine groups is 1. The van der Waals surface area contributed by atoms with Crippen molar-refractivity contribution in [3.8, 4) is 0 Å². The molecule has 1 aliphatic heterocycles. The Kier molecular flexibility index (Phi) is 11.1. The van der Waals surface area contributed by atoms with Crippen molar-refractivity contribution in [3.05, 3.63) is 39.9 Å². The maximum Gasteiger partial charge on any atom is 0.269 e. The number of nitrogens with zero attached hydrogens (tertiary/aromatic N) is 2. The predicted octanol–water partition coefficient (Wildman–Crippen LogP) is 2.46. The van der Waals surface area contributed by atoms with Crippen LogP contribution in [0.1, 0.15) is 24.8 Å². The molecule has 0 saturated carbocycles. The lowest BCUT2D eigenvalue weighted by Gasteiger charge is -2.15. The summed E-state index contributed by atoms with van der Waals surface area (Å²) < 4.78 is 10.7. The SMILES string of the molecule is COCCCNC(=NCc1ccc([N+](=O)[O-])cc1)NCC1CCCO1.I. The van der Waals surface area contributed by atoms with Crippen LogP contribution in [-0.2, 0) is 16.0 Å². The molecule has 9 heteroatoms. The molecule has 0 spiro atoms. The third-order valence-corrected chi connectivity index (χ3v) is 3.91. The predicted molar refractivity (Wildman–Crippen MR) is 111 cm³/mol. The Balaban J connectivity index is 0.00000338. The van der Waals surface area contributed by atoms with Gasteiger partial charge < -0.3 is 20.1 Å². The number of halogens is 1. The van der Waals surface area contributed by atoms with Gasteiger partial charge in [0.25, 0.3) is 5.69 Å². The summed E-state index contributed by atoms with van der Waals surface area (Å²) >= 11 is 0. The molecule has 0 amide bonds. The highest BCUT2D eigenvalue weighted by Crippen LogP contribution is 2.13. The lowest BCUT2D eigenvalue weighted by Crippen LogP contribution is -2.41. The second-order valence-electron chi connectivity index (χ2n) is 5.88. The molecule has 1 aromatic carbocycles. The van der Waals surface area contributed by atoms with E-state index in [4.69, 9.17) is 9.47 Å². The molecule has 1 aromatic rings. The van der Waals surface area contributed by atoms with E-state index in [1.165, 1.54) is 12.1 Å². The molecule has 0 aliphatic carbocycles. The molecule has 2 N–H and O–H groups in total. The lowest BCUT2D eigenvalue weighted by molar-refractivity contribution is -0.384. The van der Waals surface area contributed by atoms with E-state index in [2.05, 4.69) is 15.6 Å². The van der Waals surface area contributed by atoms with Crippen LogP contribution in [0, 0.1) is 10.1 Å². The summed E-state index contributed by atoms with van der Waals surface area (Å²) in [5.74, 6) is 0.713. The zero-order valence-corrected chi connectivity index (χ0v) is 17.3. The number of methoxy groups -OCH3 is 1. The summed E-state index contributed by atoms with van der Waals surface area (Å²) in [6, 6.07) is 6.45. The molecule has 1 atom stereocenters. The van der Waals surface area contributed by atoms with Crippen LogP contribution in [0.15, 0.2) is 29.3 Å². The number of ether oxygens (including phenoxy) is 2. The van der Waals surface area contributed by atoms with E-state index in [0.29, 0.717) is 19.1 Å². The van der Waals surface area contributed by atoms with Crippen molar-refractivity contribution in [2.24, 2.45) is 4.99 Å². The number of nitro benzene ring substituents is 1. The molecule has 1 saturated heterocycles. The van der Waals surface area contributed by atoms with Gasteiger partial charge in [-0.25, -0.2) is 4.99 Å². The summed E-state index contributed by atoms with van der Waals surface area (Å²) in [5, 5.41) is 17.3. The molecular formula is C17H27IN4O4. The Labute approximate surface area is 170 Å². The van der Waals surface area contributed by atoms with E-state index in [1.54, 1.807) is 19.2 Å². The van der Waals surface area contributed by atoms with E-state index >= 15 is 0 Å². The summed E-state index contributed by atoms with van der Waals surface area (Å²) in [7, 11) is 1.68. The number of benzene rings is 1. The average molecular weight is 478 g/mol. The van der Waals surface area contributed by atoms with Crippen molar-refractivity contribution in [3.63, 3.8) is 0 Å². The fourth-order valence-electron chi connectivity index (χ4n) is 2.51. The molecule has 0 aromatic heterocycles. The second kappa shape index (κ2) is 12.8. The minimum absolute atomic E-state index is 0. The summed E-state index contributed by atoms with van der Waals surface area (Å²) in [6.07, 6.45) is 3.27. The van der Waals surface area contributed by atoms with Gasteiger partial charge in [-0.3, -0.25) is 10.1 Å². The first-order valence-corrected chi connectivity index (χ1v) is 8.55. The fourth-order valence-corrected chi connectivity index (χ4v) is 2.51. The molecule has 1 unspecified atom stereocenters. The van der Waals surface area contributed by atoms with Gasteiger partial charge in [-0.2, -0.15) is 0 Å². The largest absolute Gasteiger partial charge is 0.385 e. The van der Waals surface area contributed by atoms with Gasteiger partial charge >= 0.3 is 0 Å². The number of aliphatic imine (C=N–C) groups is 1. The third kappa shape index (κ3) is 8.28. The van der Waals surface area contributed by atoms with Gasteiger partial charge in [-0.05, 0) is 24.8 Å². The molecule has 146 valence electrons. The van der Waals surface area contributed by atoms with Crippen molar-refractivity contribution >= 4 is 35.6 Å². The minimum atomic E-state index is -0.404. The minimum Gasteiger partial charge on any atom is -0.385 e. The summed E-state index contributed by atoms with van der Waals surface area (Å²) in [6.45, 7) is 3.43. The van der Waals surface area contributed by atoms with Gasteiger partial charge in [-0.15, -0.1) is 24.0 Å². The normalized spacial score (nSPS) is 16.8. The molecule has 1 aliphatic rings. The van der Waals surface area contributed by atoms with Crippen molar-refractivity contribution < 1.29 is 14.4 Å². The Morgan fingerprint density at radius 1 is 1.38 bits per heavy atom. The van der Waals surface area contributed by atoms with Crippen LogP contribution in [0.5, 0.6) is 0 Å². The van der Waals surface area contributed by atoms with E-state index in [1.807, 2.05) is 0 Å². The third-order valence-electron chi connectivity index (χ3n) is 3.91. The summed E-state index contributed by atoms with van der Waals surface area (Å²) in [5.41, 5.74) is 1.00. The van der Waals surface area contributed by atoms with Gasteiger partial charge in [-0.1, -0.05) is 12.1 Å². The van der Waals surface area contributed by atoms with Crippen LogP contribution in [0.25, 0.3) is 0 Å². The first-order chi connectivity index (χ1) is 12.2. The van der Waals surface area contributed by atoms with Crippen LogP contribution >= 0.6 is 24.0 Å². The van der Waals surface area contributed by atoms with Crippen molar-refractivity contribution in [2.45, 2.75) is 31.9 Å². The van der Waals surface area contributed by atoms with E-state index in [0.717, 1.165) is 44.5 Å². The van der Waals surface area contributed by atoms with Crippen LogP contribution in [0.4, 0.5) is 5.69 Å². The van der Waals surface area contributed by atoms with Crippen LogP contribution < -0.4 is 10.6 Å². The quantitative estimate of drug-likeness (QED) is 0.141. The molecule has 8 nitrogen and oxygen atoms in total. The highest BCUT2D eigenvalue weighted by Gasteiger charge is 2.15. The number of rotatable bonds is 9. The lowest BCUT2D eigenvalue weighted by atomic mass is 10.2. The first kappa shape index (κ1) is 22.6. The maximum atomic E-state index is 10.7. The molecule has 2 rings (SSSR count). The topological polar surface area (TPSA) is 98.0 Å². The maximum absolute atomic E-state index is 10.7. The highest BCUT2D eigenvalue weighted by molar-refractivity contribution is 14.0. The first-order valence-electron chi connectivity index (χ1n) is 8.55. The summed E-state index contributed by atoms with van der Waals surface area (Å²) in [4.78, 5) is 14.8. The van der Waals surface area contributed by atoms with E-state index < -0.39 is 4.92 Å². The van der Waals surface area contributed by atoms with Gasteiger partial charge in [0.05, 0.1) is 17.6 Å². The van der Waals surface area contributed by atoms with Gasteiger partial charge in [0.2, 0.25) is 0 Å². The molecule has 26 heavy (non-hydrogen) atoms. The molecule has 1 fully saturated rings. The molecule has 0 bridgehead atoms. The Morgan fingerprint density at radius 3 is 2.77 bits per heavy atom. The number of nitro groups is 1. The van der Waals surface area contributed by atoms with Crippen molar-refractivity contribution in [1.29, 1.82) is 0 Å². The van der Waals surface area contributed by atoms with Gasteiger partial charge in [0.15, 0.2) is 5.96 Å². The standard InChI is InChI=1S/C17H26N4O4.HI/c1-24-10-3-9-18-17(20-13-16-4-2-11-25-16)19-12-14-5-7-15(8-6-14)21(22)23;/h5-8,16H,2-4,9-13H2,1H3,(H2,18,19,20);1H. The number of nitrogens with one attached hydrogen (secondary N) is 2. The monoisotopic (exact) mass is 478 g/mol. The second-order valence-corrected chi connectivity index (χ2v) is 5.88. The highest BCUT2D eigenvalue weighted by atomic mass is 127. The van der Waals surface area contributed by atoms with Gasteiger partial charge in [0.1, 0.15) is 0 Å². The number of non-ortho nitro benzene ring substituents is 1. The number of hydrogen-bond donors (Lipinski definition) is 2. The van der Waals surface area contributed by atoms with E-state index in [9.17, 15) is 10.1 Å². The zero-order valence-electron chi connectivity index (χ0n) is 15.0. The average Bonchev–Trinajstić information content (AvgIpc) is 3.14. The van der Waals surface area contributed by atoms with Crippen LogP contribution in [0.2, 0.25) is 0 Å². The Morgan fingerprint density at radius 2 is 2.15 bits per heavy atom. The molecule has 0 radical (unpaired) electrons. The fraction of sp³-hybridized carbons (Fsp3) is 0.588. The zero-order chi connectivity index (χ0) is 17.9.